The molecule has 0 heterocycles. The van der Waals surface area contributed by atoms with Gasteiger partial charge in [0.25, 0.3) is 0 Å². The molecule has 0 aliphatic carbocycles. The van der Waals surface area contributed by atoms with E-state index in [0.717, 1.165) is 0 Å². The summed E-state index contributed by atoms with van der Waals surface area (Å²) in [6.45, 7) is 3.72. The Kier molecular flexibility index (Phi) is 12.8. The molecule has 0 atom stereocenters. The van der Waals surface area contributed by atoms with Crippen molar-refractivity contribution < 1.29 is 28.8 Å². The van der Waals surface area contributed by atoms with E-state index in [1.165, 1.54) is 0 Å². The number of primary amides is 1. The summed E-state index contributed by atoms with van der Waals surface area (Å²) in [5, 5.41) is 2.04. The summed E-state index contributed by atoms with van der Waals surface area (Å²) in [5.74, 6) is -0.375. The van der Waals surface area contributed by atoms with Crippen molar-refractivity contribution in [1.29, 1.82) is 0 Å². The van der Waals surface area contributed by atoms with Gasteiger partial charge in [-0.3, -0.25) is 10.1 Å². The molecule has 3 N–H and O–H groups in total. The minimum atomic E-state index is -5.39. The topological polar surface area (TPSA) is 158 Å². The van der Waals surface area contributed by atoms with Crippen LogP contribution in [0.25, 0.3) is 0 Å². The molecule has 0 saturated carbocycles. The number of alkyl halides is 1. The van der Waals surface area contributed by atoms with Crippen molar-refractivity contribution in [3.8, 4) is 0 Å². The van der Waals surface area contributed by atoms with E-state index in [2.05, 4.69) is 15.9 Å². The predicted molar refractivity (Wildman–Crippen MR) is 63.3 cm³/mol. The van der Waals surface area contributed by atoms with E-state index >= 15 is 0 Å². The molecular weight excluding hydrogens is 346 g/mol. The Bertz CT molecular complexity index is 311. The third-order valence-corrected chi connectivity index (χ3v) is 3.25. The van der Waals surface area contributed by atoms with Crippen LogP contribution in [0.15, 0.2) is 0 Å². The Balaban J connectivity index is -0.000000321. The van der Waals surface area contributed by atoms with Crippen LogP contribution in [-0.4, -0.2) is 33.6 Å². The Labute approximate surface area is 124 Å². The minimum absolute atomic E-state index is 0. The summed E-state index contributed by atoms with van der Waals surface area (Å²) in [6.07, 6.45) is 1.23. The maximum atomic E-state index is 11.3. The molecule has 18 heavy (non-hydrogen) atoms. The van der Waals surface area contributed by atoms with Crippen molar-refractivity contribution in [2.45, 2.75) is 31.0 Å². The van der Waals surface area contributed by atoms with Crippen molar-refractivity contribution in [1.82, 2.24) is 5.32 Å². The minimum Gasteiger partial charge on any atom is -0.822 e. The van der Waals surface area contributed by atoms with Crippen LogP contribution in [0.1, 0.15) is 26.7 Å². The zero-order chi connectivity index (χ0) is 14.3. The van der Waals surface area contributed by atoms with Gasteiger partial charge in [0.2, 0.25) is 5.91 Å². The molecule has 0 aliphatic rings. The van der Waals surface area contributed by atoms with Crippen molar-refractivity contribution in [2.75, 3.05) is 0 Å². The molecule has 0 rings (SSSR count). The molecule has 8 nitrogen and oxygen atoms in total. The van der Waals surface area contributed by atoms with E-state index in [-0.39, 0.29) is 23.3 Å². The largest absolute Gasteiger partial charge is 3.00 e. The molecule has 0 spiro atoms. The number of carbonyl (C=O) groups excluding carboxylic acids is 2. The van der Waals surface area contributed by atoms with Crippen LogP contribution < -0.4 is 25.7 Å². The Morgan fingerprint density at radius 3 is 1.72 bits per heavy atom. The van der Waals surface area contributed by atoms with E-state index in [4.69, 9.17) is 25.0 Å². The number of phosphoric acid groups is 1. The average molecular weight is 359 g/mol. The van der Waals surface area contributed by atoms with Crippen LogP contribution in [-0.2, 0) is 9.36 Å². The number of amides is 3. The Morgan fingerprint density at radius 1 is 1.28 bits per heavy atom. The summed E-state index contributed by atoms with van der Waals surface area (Å²) in [5.41, 5.74) is 4.81. The molecule has 11 heteroatoms. The van der Waals surface area contributed by atoms with Gasteiger partial charge in [0.1, 0.15) is 4.32 Å². The molecule has 3 amide bonds. The number of imide groups is 1. The third kappa shape index (κ3) is 14.1. The first-order chi connectivity index (χ1) is 7.46. The zero-order valence-electron chi connectivity index (χ0n) is 9.84. The second-order valence-electron chi connectivity index (χ2n) is 2.94. The number of hydrogen-bond donors (Lipinski definition) is 2. The van der Waals surface area contributed by atoms with Crippen LogP contribution in [0.5, 0.6) is 0 Å². The van der Waals surface area contributed by atoms with Crippen LogP contribution in [0.4, 0.5) is 4.79 Å². The second-order valence-corrected chi connectivity index (χ2v) is 5.35. The van der Waals surface area contributed by atoms with Crippen LogP contribution >= 0.6 is 23.8 Å². The summed E-state index contributed by atoms with van der Waals surface area (Å²) >= 11 is 3.26. The van der Waals surface area contributed by atoms with E-state index in [1.807, 2.05) is 19.2 Å². The maximum absolute atomic E-state index is 11.3. The van der Waals surface area contributed by atoms with Gasteiger partial charge in [-0.1, -0.05) is 29.8 Å². The summed E-state index contributed by atoms with van der Waals surface area (Å²) in [6, 6.07) is -0.814. The fourth-order valence-electron chi connectivity index (χ4n) is 0.795. The number of rotatable bonds is 3. The Morgan fingerprint density at radius 2 is 1.56 bits per heavy atom. The summed E-state index contributed by atoms with van der Waals surface area (Å²) in [7, 11) is -5.39. The van der Waals surface area contributed by atoms with Crippen LogP contribution in [0.2, 0.25) is 0 Å². The molecule has 0 aromatic heterocycles. The molecule has 0 aliphatic heterocycles. The molecule has 0 radical (unpaired) electrons. The van der Waals surface area contributed by atoms with Gasteiger partial charge < -0.3 is 25.0 Å². The monoisotopic (exact) mass is 358 g/mol. The molecule has 0 unspecified atom stereocenters. The number of halogens is 1. The van der Waals surface area contributed by atoms with E-state index < -0.39 is 18.2 Å². The molecule has 0 bridgehead atoms. The fourth-order valence-corrected chi connectivity index (χ4v) is 0.894. The van der Waals surface area contributed by atoms with Crippen LogP contribution in [0.3, 0.4) is 0 Å². The standard InChI is InChI=1S/C7H13BrN2O2.Al.H3O4P/c1-3-7(8,4-2)5(11)10-6(9)12;;1-5(2,3)4/h3-4H2,1-2H3,(H3,9,10,11,12);;(H3,1,2,3,4)/q;+3;/p-3. The first kappa shape index (κ1) is 23.2. The molecule has 0 aromatic rings. The predicted octanol–water partition coefficient (Wildman–Crippen LogP) is -2.07. The first-order valence-corrected chi connectivity index (χ1v) is 6.74. The SMILES string of the molecule is CCC(Br)(CC)C(=O)NC(N)=O.O=P([O-])([O-])[O-].[Al+3]. The van der Waals surface area contributed by atoms with Gasteiger partial charge in [0, 0.05) is 0 Å². The maximum Gasteiger partial charge on any atom is 3.00 e. The molecule has 0 fully saturated rings. The number of hydrogen-bond acceptors (Lipinski definition) is 6. The van der Waals surface area contributed by atoms with E-state index in [9.17, 15) is 9.59 Å². The third-order valence-electron chi connectivity index (χ3n) is 1.76. The molecule has 102 valence electrons. The van der Waals surface area contributed by atoms with Crippen molar-refractivity contribution in [2.24, 2.45) is 5.73 Å². The van der Waals surface area contributed by atoms with E-state index in [0.29, 0.717) is 12.8 Å². The quantitative estimate of drug-likeness (QED) is 0.335. The fraction of sp³-hybridized carbons (Fsp3) is 0.714. The number of carbonyl (C=O) groups is 2. The number of nitrogens with one attached hydrogen (secondary N) is 1. The Hall–Kier alpha value is 0.0625. The van der Waals surface area contributed by atoms with Gasteiger partial charge in [0.05, 0.1) is 0 Å². The molecule has 0 saturated heterocycles. The smallest absolute Gasteiger partial charge is 0.822 e. The average Bonchev–Trinajstić information content (AvgIpc) is 2.12. The van der Waals surface area contributed by atoms with Crippen molar-refractivity contribution >= 4 is 53.1 Å². The van der Waals surface area contributed by atoms with Crippen LogP contribution in [0, 0.1) is 0 Å². The van der Waals surface area contributed by atoms with E-state index in [1.54, 1.807) is 0 Å². The summed E-state index contributed by atoms with van der Waals surface area (Å²) in [4.78, 5) is 47.3. The van der Waals surface area contributed by atoms with Gasteiger partial charge in [-0.25, -0.2) is 4.79 Å². The van der Waals surface area contributed by atoms with Crippen molar-refractivity contribution in [3.05, 3.63) is 0 Å². The molecular formula is C7H13AlBrN2O6P. The summed E-state index contributed by atoms with van der Waals surface area (Å²) < 4.78 is 7.88. The van der Waals surface area contributed by atoms with Gasteiger partial charge in [-0.2, -0.15) is 7.82 Å². The zero-order valence-corrected chi connectivity index (χ0v) is 13.5. The normalized spacial score (nSPS) is 10.6. The molecule has 0 aromatic carbocycles. The van der Waals surface area contributed by atoms with Gasteiger partial charge in [0.15, 0.2) is 0 Å². The second kappa shape index (κ2) is 9.92. The van der Waals surface area contributed by atoms with Gasteiger partial charge >= 0.3 is 23.4 Å². The first-order valence-electron chi connectivity index (χ1n) is 4.49. The van der Waals surface area contributed by atoms with Crippen molar-refractivity contribution in [3.63, 3.8) is 0 Å². The number of urea groups is 1. The number of nitrogens with two attached hydrogens (primary N) is 1. The van der Waals surface area contributed by atoms with Gasteiger partial charge in [-0.05, 0) is 12.8 Å². The van der Waals surface area contributed by atoms with Gasteiger partial charge in [-0.15, -0.1) is 0 Å².